The summed E-state index contributed by atoms with van der Waals surface area (Å²) >= 11 is 0. The smallest absolute Gasteiger partial charge is 0.123 e. The second-order valence-corrected chi connectivity index (χ2v) is 3.54. The number of phenols is 1. The van der Waals surface area contributed by atoms with Crippen LogP contribution in [0.3, 0.4) is 0 Å². The fraction of sp³-hybridized carbons (Fsp3) is 0.167. The van der Waals surface area contributed by atoms with Gasteiger partial charge in [0.25, 0.3) is 0 Å². The number of aromatic nitrogens is 2. The summed E-state index contributed by atoms with van der Waals surface area (Å²) in [7, 11) is 1.86. The molecule has 1 aromatic heterocycles. The zero-order valence-electron chi connectivity index (χ0n) is 8.88. The quantitative estimate of drug-likeness (QED) is 0.828. The third-order valence-corrected chi connectivity index (χ3v) is 2.37. The number of phenolic OH excluding ortho intramolecular Hbond substituents is 1. The molecule has 80 valence electrons. The molecule has 0 atom stereocenters. The molecule has 0 saturated heterocycles. The largest absolute Gasteiger partial charge is 0.508 e. The first-order valence-electron chi connectivity index (χ1n) is 4.89. The van der Waals surface area contributed by atoms with Crippen molar-refractivity contribution in [2.45, 2.75) is 6.42 Å². The van der Waals surface area contributed by atoms with Crippen molar-refractivity contribution in [1.82, 2.24) is 9.55 Å². The third-order valence-electron chi connectivity index (χ3n) is 2.37. The lowest BCUT2D eigenvalue weighted by Crippen LogP contribution is -1.94. The van der Waals surface area contributed by atoms with Crippen LogP contribution in [0.5, 0.6) is 5.75 Å². The Morgan fingerprint density at radius 2 is 2.06 bits per heavy atom. The van der Waals surface area contributed by atoms with Crippen molar-refractivity contribution < 1.29 is 5.11 Å². The van der Waals surface area contributed by atoms with Crippen LogP contribution in [0.4, 0.5) is 0 Å². The Bertz CT molecular complexity index is 534. The minimum atomic E-state index is 0.233. The average molecular weight is 213 g/mol. The van der Waals surface area contributed by atoms with Crippen LogP contribution in [-0.2, 0) is 13.5 Å². The maximum atomic E-state index is 9.18. The molecule has 1 heterocycles. The van der Waals surface area contributed by atoms with Crippen LogP contribution >= 0.6 is 0 Å². The molecule has 0 bridgehead atoms. The summed E-state index contributed by atoms with van der Waals surface area (Å²) in [6.07, 6.45) is 2.17. The van der Waals surface area contributed by atoms with Crippen molar-refractivity contribution in [2.75, 3.05) is 0 Å². The molecule has 0 fully saturated rings. The fourth-order valence-corrected chi connectivity index (χ4v) is 1.51. The highest BCUT2D eigenvalue weighted by Crippen LogP contribution is 2.20. The number of aromatic hydroxyl groups is 1. The third kappa shape index (κ3) is 1.89. The Kier molecular flexibility index (Phi) is 2.61. The van der Waals surface area contributed by atoms with E-state index >= 15 is 0 Å². The first kappa shape index (κ1) is 10.2. The molecular formula is C12H11N3O. The Labute approximate surface area is 93.4 Å². The maximum Gasteiger partial charge on any atom is 0.123 e. The molecule has 0 unspecified atom stereocenters. The van der Waals surface area contributed by atoms with E-state index in [0.29, 0.717) is 6.42 Å². The number of imidazole rings is 1. The molecule has 1 N–H and O–H groups in total. The summed E-state index contributed by atoms with van der Waals surface area (Å²) in [6.45, 7) is 0. The lowest BCUT2D eigenvalue weighted by Gasteiger charge is -1.95. The molecule has 0 saturated carbocycles. The van der Waals surface area contributed by atoms with E-state index in [1.807, 2.05) is 17.8 Å². The predicted molar refractivity (Wildman–Crippen MR) is 59.6 cm³/mol. The summed E-state index contributed by atoms with van der Waals surface area (Å²) in [5, 5.41) is 17.8. The summed E-state index contributed by atoms with van der Waals surface area (Å²) in [4.78, 5) is 4.36. The Balaban J connectivity index is 2.38. The van der Waals surface area contributed by atoms with Crippen molar-refractivity contribution in [2.24, 2.45) is 7.05 Å². The number of nitrogens with zero attached hydrogens (tertiary/aromatic N) is 3. The first-order valence-corrected chi connectivity index (χ1v) is 4.89. The number of aryl methyl sites for hydroxylation is 1. The number of nitriles is 1. The van der Waals surface area contributed by atoms with Crippen LogP contribution in [0.2, 0.25) is 0 Å². The van der Waals surface area contributed by atoms with Gasteiger partial charge in [0, 0.05) is 18.8 Å². The number of benzene rings is 1. The summed E-state index contributed by atoms with van der Waals surface area (Å²) in [5.74, 6) is 0.975. The van der Waals surface area contributed by atoms with Gasteiger partial charge in [-0.15, -0.1) is 0 Å². The van der Waals surface area contributed by atoms with E-state index in [-0.39, 0.29) is 5.75 Å². The second-order valence-electron chi connectivity index (χ2n) is 3.54. The van der Waals surface area contributed by atoms with E-state index in [0.717, 1.165) is 17.1 Å². The minimum absolute atomic E-state index is 0.233. The zero-order chi connectivity index (χ0) is 11.5. The van der Waals surface area contributed by atoms with Gasteiger partial charge in [0.2, 0.25) is 0 Å². The minimum Gasteiger partial charge on any atom is -0.508 e. The van der Waals surface area contributed by atoms with Crippen molar-refractivity contribution >= 4 is 0 Å². The standard InChI is InChI=1S/C12H11N3O/c1-15-8-11(14-12(15)6-7-13)9-2-4-10(16)5-3-9/h2-5,8,16H,6H2,1H3. The molecule has 0 aliphatic heterocycles. The van der Waals surface area contributed by atoms with Gasteiger partial charge in [-0.2, -0.15) is 5.26 Å². The van der Waals surface area contributed by atoms with Gasteiger partial charge in [-0.1, -0.05) is 0 Å². The molecule has 0 spiro atoms. The number of hydrogen-bond acceptors (Lipinski definition) is 3. The molecule has 0 aliphatic rings. The van der Waals surface area contributed by atoms with Gasteiger partial charge in [0.1, 0.15) is 11.6 Å². The number of hydrogen-bond donors (Lipinski definition) is 1. The van der Waals surface area contributed by atoms with Crippen LogP contribution in [0.1, 0.15) is 5.82 Å². The Hall–Kier alpha value is -2.28. The van der Waals surface area contributed by atoms with Crippen LogP contribution in [0.25, 0.3) is 11.3 Å². The van der Waals surface area contributed by atoms with Crippen LogP contribution in [-0.4, -0.2) is 14.7 Å². The normalized spacial score (nSPS) is 10.0. The molecule has 16 heavy (non-hydrogen) atoms. The van der Waals surface area contributed by atoms with Gasteiger partial charge in [-0.05, 0) is 24.3 Å². The second kappa shape index (κ2) is 4.07. The molecule has 0 radical (unpaired) electrons. The molecule has 4 heteroatoms. The SMILES string of the molecule is Cn1cc(-c2ccc(O)cc2)nc1CC#N. The molecule has 0 aliphatic carbocycles. The monoisotopic (exact) mass is 213 g/mol. The highest BCUT2D eigenvalue weighted by Gasteiger charge is 2.06. The van der Waals surface area contributed by atoms with Gasteiger partial charge in [-0.3, -0.25) is 0 Å². The molecular weight excluding hydrogens is 202 g/mol. The van der Waals surface area contributed by atoms with E-state index in [1.165, 1.54) is 0 Å². The fourth-order valence-electron chi connectivity index (χ4n) is 1.51. The van der Waals surface area contributed by atoms with E-state index < -0.39 is 0 Å². The Morgan fingerprint density at radius 3 is 2.69 bits per heavy atom. The molecule has 2 aromatic rings. The van der Waals surface area contributed by atoms with Crippen LogP contribution < -0.4 is 0 Å². The van der Waals surface area contributed by atoms with Gasteiger partial charge < -0.3 is 9.67 Å². The highest BCUT2D eigenvalue weighted by atomic mass is 16.3. The van der Waals surface area contributed by atoms with E-state index in [4.69, 9.17) is 5.26 Å². The van der Waals surface area contributed by atoms with Gasteiger partial charge in [-0.25, -0.2) is 4.98 Å². The van der Waals surface area contributed by atoms with Crippen molar-refractivity contribution in [1.29, 1.82) is 5.26 Å². The lowest BCUT2D eigenvalue weighted by molar-refractivity contribution is 0.475. The van der Waals surface area contributed by atoms with Crippen LogP contribution in [0, 0.1) is 11.3 Å². The summed E-state index contributed by atoms with van der Waals surface area (Å²) in [6, 6.07) is 8.91. The molecule has 1 aromatic carbocycles. The maximum absolute atomic E-state index is 9.18. The van der Waals surface area contributed by atoms with Gasteiger partial charge >= 0.3 is 0 Å². The van der Waals surface area contributed by atoms with Crippen LogP contribution in [0.15, 0.2) is 30.5 Å². The topological polar surface area (TPSA) is 61.8 Å². The molecule has 4 nitrogen and oxygen atoms in total. The van der Waals surface area contributed by atoms with Gasteiger partial charge in [0.15, 0.2) is 0 Å². The van der Waals surface area contributed by atoms with Crippen molar-refractivity contribution in [3.8, 4) is 23.1 Å². The summed E-state index contributed by atoms with van der Waals surface area (Å²) < 4.78 is 1.84. The summed E-state index contributed by atoms with van der Waals surface area (Å²) in [5.41, 5.74) is 1.74. The van der Waals surface area contributed by atoms with E-state index in [2.05, 4.69) is 11.1 Å². The van der Waals surface area contributed by atoms with Crippen molar-refractivity contribution in [3.05, 3.63) is 36.3 Å². The van der Waals surface area contributed by atoms with Crippen molar-refractivity contribution in [3.63, 3.8) is 0 Å². The predicted octanol–water partition coefficient (Wildman–Crippen LogP) is 1.86. The molecule has 2 rings (SSSR count). The number of rotatable bonds is 2. The first-order chi connectivity index (χ1) is 7.70. The van der Waals surface area contributed by atoms with E-state index in [1.54, 1.807) is 24.3 Å². The van der Waals surface area contributed by atoms with E-state index in [9.17, 15) is 5.11 Å². The zero-order valence-corrected chi connectivity index (χ0v) is 8.88. The highest BCUT2D eigenvalue weighted by molar-refractivity contribution is 5.59. The lowest BCUT2D eigenvalue weighted by atomic mass is 10.2. The van der Waals surface area contributed by atoms with Gasteiger partial charge in [0.05, 0.1) is 18.2 Å². The molecule has 0 amide bonds. The average Bonchev–Trinajstić information content (AvgIpc) is 2.62. The Morgan fingerprint density at radius 1 is 1.38 bits per heavy atom.